The molecular formula is C18H27N7O4. The highest BCUT2D eigenvalue weighted by atomic mass is 16.3. The van der Waals surface area contributed by atoms with E-state index in [9.17, 15) is 19.5 Å². The van der Waals surface area contributed by atoms with Gasteiger partial charge in [-0.05, 0) is 19.3 Å². The molecular weight excluding hydrogens is 378 g/mol. The third kappa shape index (κ3) is 3.60. The van der Waals surface area contributed by atoms with Gasteiger partial charge >= 0.3 is 0 Å². The molecule has 4 rings (SSSR count). The summed E-state index contributed by atoms with van der Waals surface area (Å²) in [6.45, 7) is 2.67. The summed E-state index contributed by atoms with van der Waals surface area (Å²) in [6.07, 6.45) is 4.34. The SMILES string of the molecule is CC(=O)N1CC[C@H]2CC[C@@H](C(=O)N3C[C@@H](O)[C@H](n4ccnn4)C3)N2C(=O)[C@@H](N)C1. The third-order valence-electron chi connectivity index (χ3n) is 6.31. The molecule has 0 radical (unpaired) electrons. The van der Waals surface area contributed by atoms with Gasteiger partial charge in [-0.25, -0.2) is 4.68 Å². The molecule has 1 aromatic rings. The number of carbonyl (C=O) groups is 3. The predicted octanol–water partition coefficient (Wildman–Crippen LogP) is -2.04. The van der Waals surface area contributed by atoms with E-state index in [2.05, 4.69) is 10.3 Å². The second-order valence-corrected chi connectivity index (χ2v) is 8.11. The molecule has 4 heterocycles. The van der Waals surface area contributed by atoms with Gasteiger partial charge in [-0.1, -0.05) is 5.21 Å². The minimum absolute atomic E-state index is 0.0995. The van der Waals surface area contributed by atoms with Gasteiger partial charge in [0.25, 0.3) is 0 Å². The monoisotopic (exact) mass is 405 g/mol. The van der Waals surface area contributed by atoms with E-state index in [0.717, 1.165) is 0 Å². The van der Waals surface area contributed by atoms with Crippen LogP contribution in [0.25, 0.3) is 0 Å². The summed E-state index contributed by atoms with van der Waals surface area (Å²) in [7, 11) is 0. The van der Waals surface area contributed by atoms with Crippen LogP contribution in [-0.2, 0) is 14.4 Å². The number of rotatable bonds is 2. The highest BCUT2D eigenvalue weighted by molar-refractivity contribution is 5.91. The van der Waals surface area contributed by atoms with Gasteiger partial charge in [-0.3, -0.25) is 14.4 Å². The van der Waals surface area contributed by atoms with Crippen LogP contribution < -0.4 is 5.73 Å². The van der Waals surface area contributed by atoms with Crippen molar-refractivity contribution in [3.63, 3.8) is 0 Å². The number of nitrogens with zero attached hydrogens (tertiary/aromatic N) is 6. The maximum Gasteiger partial charge on any atom is 0.245 e. The number of aliphatic hydroxyl groups is 1. The van der Waals surface area contributed by atoms with Crippen molar-refractivity contribution in [1.82, 2.24) is 29.7 Å². The van der Waals surface area contributed by atoms with E-state index in [4.69, 9.17) is 5.73 Å². The van der Waals surface area contributed by atoms with Crippen LogP contribution in [-0.4, -0.2) is 103 Å². The number of nitrogens with two attached hydrogens (primary N) is 1. The summed E-state index contributed by atoms with van der Waals surface area (Å²) in [4.78, 5) is 42.9. The zero-order valence-electron chi connectivity index (χ0n) is 16.4. The van der Waals surface area contributed by atoms with Crippen LogP contribution in [0.2, 0.25) is 0 Å². The number of fused-ring (bicyclic) bond motifs is 1. The Morgan fingerprint density at radius 2 is 1.97 bits per heavy atom. The number of carbonyl (C=O) groups excluding carboxylic acids is 3. The molecule has 3 amide bonds. The average molecular weight is 405 g/mol. The summed E-state index contributed by atoms with van der Waals surface area (Å²) in [6, 6.07) is -1.89. The molecule has 0 aliphatic carbocycles. The zero-order chi connectivity index (χ0) is 20.7. The first-order chi connectivity index (χ1) is 13.9. The highest BCUT2D eigenvalue weighted by Gasteiger charge is 2.47. The number of hydrogen-bond donors (Lipinski definition) is 2. The van der Waals surface area contributed by atoms with Gasteiger partial charge in [0, 0.05) is 45.3 Å². The van der Waals surface area contributed by atoms with Crippen LogP contribution >= 0.6 is 0 Å². The fraction of sp³-hybridized carbons (Fsp3) is 0.722. The van der Waals surface area contributed by atoms with Gasteiger partial charge in [0.15, 0.2) is 0 Å². The first-order valence-electron chi connectivity index (χ1n) is 10.0. The summed E-state index contributed by atoms with van der Waals surface area (Å²) < 4.78 is 1.56. The molecule has 11 heteroatoms. The molecule has 29 heavy (non-hydrogen) atoms. The molecule has 3 saturated heterocycles. The molecule has 0 unspecified atom stereocenters. The van der Waals surface area contributed by atoms with Crippen molar-refractivity contribution >= 4 is 17.7 Å². The number of likely N-dealkylation sites (tertiary alicyclic amines) is 1. The molecule has 5 atom stereocenters. The number of β-amino-alcohol motifs (C(OH)–C–C–N with tert-alkyl or cyclic N) is 1. The van der Waals surface area contributed by atoms with Gasteiger partial charge < -0.3 is 25.5 Å². The lowest BCUT2D eigenvalue weighted by Crippen LogP contribution is -2.59. The predicted molar refractivity (Wildman–Crippen MR) is 100 cm³/mol. The van der Waals surface area contributed by atoms with Crippen LogP contribution in [0.5, 0.6) is 0 Å². The van der Waals surface area contributed by atoms with E-state index in [0.29, 0.717) is 32.4 Å². The Morgan fingerprint density at radius 1 is 1.17 bits per heavy atom. The first kappa shape index (κ1) is 19.8. The summed E-state index contributed by atoms with van der Waals surface area (Å²) in [5.74, 6) is -0.555. The molecule has 0 aromatic carbocycles. The van der Waals surface area contributed by atoms with Crippen LogP contribution in [0.15, 0.2) is 12.4 Å². The lowest BCUT2D eigenvalue weighted by molar-refractivity contribution is -0.147. The quantitative estimate of drug-likeness (QED) is 0.578. The summed E-state index contributed by atoms with van der Waals surface area (Å²) >= 11 is 0. The molecule has 11 nitrogen and oxygen atoms in total. The van der Waals surface area contributed by atoms with E-state index in [1.165, 1.54) is 13.1 Å². The fourth-order valence-corrected chi connectivity index (χ4v) is 4.75. The highest BCUT2D eigenvalue weighted by Crippen LogP contribution is 2.32. The molecule has 0 saturated carbocycles. The molecule has 3 fully saturated rings. The smallest absolute Gasteiger partial charge is 0.245 e. The van der Waals surface area contributed by atoms with E-state index in [1.807, 2.05) is 0 Å². The summed E-state index contributed by atoms with van der Waals surface area (Å²) in [5.41, 5.74) is 6.09. The number of amides is 3. The first-order valence-corrected chi connectivity index (χ1v) is 10.0. The minimum Gasteiger partial charge on any atom is -0.389 e. The van der Waals surface area contributed by atoms with Crippen LogP contribution in [0.4, 0.5) is 0 Å². The normalized spacial score (nSPS) is 32.9. The molecule has 0 spiro atoms. The fourth-order valence-electron chi connectivity index (χ4n) is 4.75. The van der Waals surface area contributed by atoms with Crippen LogP contribution in [0.1, 0.15) is 32.2 Å². The van der Waals surface area contributed by atoms with E-state index in [-0.39, 0.29) is 42.9 Å². The molecule has 0 bridgehead atoms. The van der Waals surface area contributed by atoms with E-state index in [1.54, 1.807) is 25.6 Å². The Bertz CT molecular complexity index is 785. The van der Waals surface area contributed by atoms with E-state index >= 15 is 0 Å². The van der Waals surface area contributed by atoms with Crippen LogP contribution in [0, 0.1) is 0 Å². The lowest BCUT2D eigenvalue weighted by atomic mass is 10.1. The Hall–Kier alpha value is -2.53. The van der Waals surface area contributed by atoms with Crippen molar-refractivity contribution in [2.75, 3.05) is 26.2 Å². The Kier molecular flexibility index (Phi) is 5.26. The molecule has 158 valence electrons. The summed E-state index contributed by atoms with van der Waals surface area (Å²) in [5, 5.41) is 18.1. The molecule has 3 aliphatic heterocycles. The lowest BCUT2D eigenvalue weighted by Gasteiger charge is -2.38. The zero-order valence-corrected chi connectivity index (χ0v) is 16.4. The Balaban J connectivity index is 1.49. The Morgan fingerprint density at radius 3 is 2.66 bits per heavy atom. The van der Waals surface area contributed by atoms with Crippen molar-refractivity contribution in [2.24, 2.45) is 5.73 Å². The number of aliphatic hydroxyl groups excluding tert-OH is 1. The molecule has 3 aliphatic rings. The second kappa shape index (κ2) is 7.71. The third-order valence-corrected chi connectivity index (χ3v) is 6.31. The number of hydrogen-bond acceptors (Lipinski definition) is 7. The van der Waals surface area contributed by atoms with Gasteiger partial charge in [0.1, 0.15) is 12.1 Å². The van der Waals surface area contributed by atoms with Crippen molar-refractivity contribution in [3.05, 3.63) is 12.4 Å². The van der Waals surface area contributed by atoms with Gasteiger partial charge in [-0.2, -0.15) is 0 Å². The maximum atomic E-state index is 13.3. The Labute approximate surface area is 168 Å². The largest absolute Gasteiger partial charge is 0.389 e. The van der Waals surface area contributed by atoms with Crippen molar-refractivity contribution < 1.29 is 19.5 Å². The minimum atomic E-state index is -0.845. The number of aromatic nitrogens is 3. The van der Waals surface area contributed by atoms with E-state index < -0.39 is 18.2 Å². The topological polar surface area (TPSA) is 138 Å². The average Bonchev–Trinajstić information content (AvgIpc) is 3.41. The van der Waals surface area contributed by atoms with Gasteiger partial charge in [0.2, 0.25) is 17.7 Å². The second-order valence-electron chi connectivity index (χ2n) is 8.11. The molecule has 3 N–H and O–H groups in total. The van der Waals surface area contributed by atoms with Crippen molar-refractivity contribution in [3.8, 4) is 0 Å². The maximum absolute atomic E-state index is 13.3. The van der Waals surface area contributed by atoms with Gasteiger partial charge in [-0.15, -0.1) is 5.10 Å². The standard InChI is InChI=1S/C18H27N7O4/c1-11(26)22-6-4-12-2-3-14(25(12)17(28)13(19)8-22)18(29)23-9-15(16(27)10-23)24-7-5-20-21-24/h5,7,12-16,27H,2-4,6,8-10,19H2,1H3/t12-,13+,14+,15-,16-/m1/s1. The molecule has 1 aromatic heterocycles. The van der Waals surface area contributed by atoms with Crippen LogP contribution in [0.3, 0.4) is 0 Å². The van der Waals surface area contributed by atoms with Gasteiger partial charge in [0.05, 0.1) is 18.3 Å². The van der Waals surface area contributed by atoms with Crippen molar-refractivity contribution in [2.45, 2.75) is 56.5 Å². The van der Waals surface area contributed by atoms with Crippen molar-refractivity contribution in [1.29, 1.82) is 0 Å².